The molecule has 0 aliphatic carbocycles. The number of hydrogen-bond acceptors (Lipinski definition) is 4. The van der Waals surface area contributed by atoms with Crippen LogP contribution >= 0.6 is 0 Å². The van der Waals surface area contributed by atoms with Gasteiger partial charge in [0.2, 0.25) is 0 Å². The fourth-order valence-electron chi connectivity index (χ4n) is 4.22. The molecule has 6 nitrogen and oxygen atoms in total. The third kappa shape index (κ3) is 3.54. The molecule has 2 saturated heterocycles. The Bertz CT molecular complexity index is 636. The van der Waals surface area contributed by atoms with Gasteiger partial charge in [0.25, 0.3) is 0 Å². The SMILES string of the molecule is CN(Cc1ccc2c(c1)OCCO2)C(=O)N[C@H]1CCN2CCCC[C@@H]12. The van der Waals surface area contributed by atoms with E-state index in [1.807, 2.05) is 25.2 Å². The van der Waals surface area contributed by atoms with Crippen LogP contribution in [0.4, 0.5) is 4.79 Å². The van der Waals surface area contributed by atoms with Crippen molar-refractivity contribution in [3.05, 3.63) is 23.8 Å². The molecule has 6 heteroatoms. The summed E-state index contributed by atoms with van der Waals surface area (Å²) < 4.78 is 11.2. The van der Waals surface area contributed by atoms with Gasteiger partial charge in [-0.05, 0) is 43.5 Å². The quantitative estimate of drug-likeness (QED) is 0.913. The first-order valence-electron chi connectivity index (χ1n) is 9.35. The number of carbonyl (C=O) groups excluding carboxylic acids is 1. The normalized spacial score (nSPS) is 25.3. The van der Waals surface area contributed by atoms with Gasteiger partial charge in [-0.15, -0.1) is 0 Å². The van der Waals surface area contributed by atoms with Crippen molar-refractivity contribution in [1.29, 1.82) is 0 Å². The zero-order valence-corrected chi connectivity index (χ0v) is 14.9. The van der Waals surface area contributed by atoms with E-state index in [-0.39, 0.29) is 12.1 Å². The first-order valence-corrected chi connectivity index (χ1v) is 9.35. The smallest absolute Gasteiger partial charge is 0.317 e. The Balaban J connectivity index is 1.34. The van der Waals surface area contributed by atoms with Gasteiger partial charge in [0, 0.05) is 32.2 Å². The molecule has 0 bridgehead atoms. The van der Waals surface area contributed by atoms with Crippen LogP contribution in [0, 0.1) is 0 Å². The Labute approximate surface area is 149 Å². The molecular formula is C19H27N3O3. The molecule has 1 N–H and O–H groups in total. The van der Waals surface area contributed by atoms with Gasteiger partial charge in [-0.25, -0.2) is 4.79 Å². The summed E-state index contributed by atoms with van der Waals surface area (Å²) in [6.45, 7) is 4.02. The molecule has 4 rings (SSSR count). The lowest BCUT2D eigenvalue weighted by atomic mass is 9.99. The molecule has 0 spiro atoms. The Morgan fingerprint density at radius 1 is 1.20 bits per heavy atom. The lowest BCUT2D eigenvalue weighted by Gasteiger charge is -2.33. The Kier molecular flexibility index (Phi) is 4.70. The van der Waals surface area contributed by atoms with Crippen molar-refractivity contribution in [3.8, 4) is 11.5 Å². The van der Waals surface area contributed by atoms with Crippen molar-refractivity contribution in [2.24, 2.45) is 0 Å². The maximum atomic E-state index is 12.6. The Morgan fingerprint density at radius 3 is 2.92 bits per heavy atom. The molecule has 2 atom stereocenters. The van der Waals surface area contributed by atoms with Gasteiger partial charge in [-0.3, -0.25) is 4.90 Å². The summed E-state index contributed by atoms with van der Waals surface area (Å²) in [5.41, 5.74) is 1.05. The molecule has 0 aromatic heterocycles. The standard InChI is InChI=1S/C19H27N3O3/c1-21(13-14-5-6-17-18(12-14)25-11-10-24-17)19(23)20-15-7-9-22-8-3-2-4-16(15)22/h5-6,12,15-16H,2-4,7-11,13H2,1H3,(H,20,23)/t15-,16-/m0/s1. The third-order valence-corrected chi connectivity index (χ3v) is 5.54. The summed E-state index contributed by atoms with van der Waals surface area (Å²) in [6.07, 6.45) is 4.84. The highest BCUT2D eigenvalue weighted by atomic mass is 16.6. The number of piperidine rings is 1. The summed E-state index contributed by atoms with van der Waals surface area (Å²) >= 11 is 0. The number of rotatable bonds is 3. The zero-order valence-electron chi connectivity index (χ0n) is 14.9. The predicted molar refractivity (Wildman–Crippen MR) is 95.0 cm³/mol. The average molecular weight is 345 g/mol. The summed E-state index contributed by atoms with van der Waals surface area (Å²) in [4.78, 5) is 16.9. The fourth-order valence-corrected chi connectivity index (χ4v) is 4.22. The second-order valence-corrected chi connectivity index (χ2v) is 7.28. The van der Waals surface area contributed by atoms with E-state index in [4.69, 9.17) is 9.47 Å². The molecule has 0 radical (unpaired) electrons. The molecule has 2 amide bonds. The van der Waals surface area contributed by atoms with Crippen LogP contribution in [0.25, 0.3) is 0 Å². The van der Waals surface area contributed by atoms with Crippen LogP contribution in [0.15, 0.2) is 18.2 Å². The van der Waals surface area contributed by atoms with E-state index in [2.05, 4.69) is 10.2 Å². The summed E-state index contributed by atoms with van der Waals surface area (Å²) in [5.74, 6) is 1.55. The number of ether oxygens (including phenoxy) is 2. The van der Waals surface area contributed by atoms with Gasteiger partial charge >= 0.3 is 6.03 Å². The number of fused-ring (bicyclic) bond motifs is 2. The van der Waals surface area contributed by atoms with Crippen LogP contribution in [0.1, 0.15) is 31.2 Å². The number of hydrogen-bond donors (Lipinski definition) is 1. The van der Waals surface area contributed by atoms with E-state index in [1.54, 1.807) is 4.90 Å². The van der Waals surface area contributed by atoms with Crippen LogP contribution in [-0.4, -0.2) is 61.3 Å². The second kappa shape index (κ2) is 7.12. The second-order valence-electron chi connectivity index (χ2n) is 7.28. The van der Waals surface area contributed by atoms with Gasteiger partial charge in [-0.1, -0.05) is 12.5 Å². The molecule has 3 heterocycles. The number of urea groups is 1. The largest absolute Gasteiger partial charge is 0.486 e. The first kappa shape index (κ1) is 16.5. The van der Waals surface area contributed by atoms with Gasteiger partial charge in [-0.2, -0.15) is 0 Å². The molecule has 3 aliphatic rings. The molecule has 136 valence electrons. The highest BCUT2D eigenvalue weighted by Gasteiger charge is 2.36. The Hall–Kier alpha value is -1.95. The summed E-state index contributed by atoms with van der Waals surface area (Å²) in [6, 6.07) is 6.71. The summed E-state index contributed by atoms with van der Waals surface area (Å²) in [5, 5.41) is 3.25. The van der Waals surface area contributed by atoms with Crippen LogP contribution in [-0.2, 0) is 6.54 Å². The first-order chi connectivity index (χ1) is 12.2. The predicted octanol–water partition coefficient (Wildman–Crippen LogP) is 2.23. The van der Waals surface area contributed by atoms with E-state index in [0.29, 0.717) is 25.8 Å². The minimum Gasteiger partial charge on any atom is -0.486 e. The van der Waals surface area contributed by atoms with Crippen molar-refractivity contribution in [2.75, 3.05) is 33.4 Å². The van der Waals surface area contributed by atoms with E-state index in [1.165, 1.54) is 25.8 Å². The monoisotopic (exact) mass is 345 g/mol. The van der Waals surface area contributed by atoms with E-state index in [9.17, 15) is 4.79 Å². The summed E-state index contributed by atoms with van der Waals surface area (Å²) in [7, 11) is 1.85. The van der Waals surface area contributed by atoms with Crippen molar-refractivity contribution in [1.82, 2.24) is 15.1 Å². The third-order valence-electron chi connectivity index (χ3n) is 5.54. The molecule has 2 fully saturated rings. The minimum absolute atomic E-state index is 0.00677. The van der Waals surface area contributed by atoms with Crippen molar-refractivity contribution < 1.29 is 14.3 Å². The van der Waals surface area contributed by atoms with Crippen LogP contribution in [0.5, 0.6) is 11.5 Å². The lowest BCUT2D eigenvalue weighted by molar-refractivity contribution is 0.169. The highest BCUT2D eigenvalue weighted by molar-refractivity contribution is 5.74. The minimum atomic E-state index is 0.00677. The maximum Gasteiger partial charge on any atom is 0.317 e. The van der Waals surface area contributed by atoms with E-state index < -0.39 is 0 Å². The zero-order chi connectivity index (χ0) is 17.2. The Morgan fingerprint density at radius 2 is 2.04 bits per heavy atom. The van der Waals surface area contributed by atoms with Crippen molar-refractivity contribution >= 4 is 6.03 Å². The van der Waals surface area contributed by atoms with Gasteiger partial charge < -0.3 is 19.7 Å². The van der Waals surface area contributed by atoms with Gasteiger partial charge in [0.15, 0.2) is 11.5 Å². The van der Waals surface area contributed by atoms with Crippen LogP contribution in [0.3, 0.4) is 0 Å². The van der Waals surface area contributed by atoms with Crippen molar-refractivity contribution in [3.63, 3.8) is 0 Å². The maximum absolute atomic E-state index is 12.6. The molecule has 0 saturated carbocycles. The van der Waals surface area contributed by atoms with Gasteiger partial charge in [0.1, 0.15) is 13.2 Å². The fraction of sp³-hybridized carbons (Fsp3) is 0.632. The lowest BCUT2D eigenvalue weighted by Crippen LogP contribution is -2.49. The molecule has 3 aliphatic heterocycles. The molecule has 25 heavy (non-hydrogen) atoms. The van der Waals surface area contributed by atoms with Gasteiger partial charge in [0.05, 0.1) is 0 Å². The molecule has 1 aromatic carbocycles. The van der Waals surface area contributed by atoms with Crippen LogP contribution < -0.4 is 14.8 Å². The van der Waals surface area contributed by atoms with Crippen molar-refractivity contribution in [2.45, 2.75) is 44.3 Å². The number of nitrogens with one attached hydrogen (secondary N) is 1. The number of benzene rings is 1. The molecule has 1 aromatic rings. The number of nitrogens with zero attached hydrogens (tertiary/aromatic N) is 2. The van der Waals surface area contributed by atoms with Crippen LogP contribution in [0.2, 0.25) is 0 Å². The topological polar surface area (TPSA) is 54.0 Å². The average Bonchev–Trinajstić information content (AvgIpc) is 3.04. The molecular weight excluding hydrogens is 318 g/mol. The number of amides is 2. The number of carbonyl (C=O) groups is 1. The van der Waals surface area contributed by atoms with E-state index in [0.717, 1.165) is 30.0 Å². The highest BCUT2D eigenvalue weighted by Crippen LogP contribution is 2.31. The van der Waals surface area contributed by atoms with E-state index >= 15 is 0 Å². The molecule has 0 unspecified atom stereocenters.